The third-order valence-electron chi connectivity index (χ3n) is 4.03. The summed E-state index contributed by atoms with van der Waals surface area (Å²) in [4.78, 5) is 8.14. The highest BCUT2D eigenvalue weighted by Gasteiger charge is 2.13. The number of methoxy groups -OCH3 is 1. The van der Waals surface area contributed by atoms with Crippen LogP contribution in [0.15, 0.2) is 71.1 Å². The molecule has 0 spiro atoms. The average Bonchev–Trinajstić information content (AvgIpc) is 3.32. The van der Waals surface area contributed by atoms with E-state index in [-0.39, 0.29) is 0 Å². The van der Waals surface area contributed by atoms with Crippen LogP contribution < -0.4 is 0 Å². The standard InChI is InChI=1S/C20H22N4O2S/c1-4-5-7-15(10-14(2)26-3)13-27(25)16-11-18(22-12-16)19-17-8-6-9-21-20(17)24-23-19/h4-12,22H,13H2,1-3H3,(H,21,23,24)/b5-4-,14-10+,15-7+. The maximum Gasteiger partial charge on any atom is 0.181 e. The number of aromatic nitrogens is 4. The lowest BCUT2D eigenvalue weighted by molar-refractivity contribution is 0.293. The zero-order chi connectivity index (χ0) is 19.2. The summed E-state index contributed by atoms with van der Waals surface area (Å²) in [7, 11) is 0.430. The van der Waals surface area contributed by atoms with Gasteiger partial charge in [-0.2, -0.15) is 5.10 Å². The SMILES string of the molecule is C\C=C/C=C(\C=C(/C)OC)CS(=O)c1c[nH]c(-c2[nH]nc3ncccc23)c1. The maximum absolute atomic E-state index is 12.9. The van der Waals surface area contributed by atoms with Gasteiger partial charge >= 0.3 is 0 Å². The second-order valence-electron chi connectivity index (χ2n) is 5.94. The fourth-order valence-corrected chi connectivity index (χ4v) is 3.71. The van der Waals surface area contributed by atoms with E-state index in [1.807, 2.05) is 56.4 Å². The molecule has 0 radical (unpaired) electrons. The Kier molecular flexibility index (Phi) is 6.03. The largest absolute Gasteiger partial charge is 0.501 e. The van der Waals surface area contributed by atoms with E-state index in [4.69, 9.17) is 4.74 Å². The molecule has 2 N–H and O–H groups in total. The molecule has 0 saturated carbocycles. The lowest BCUT2D eigenvalue weighted by Crippen LogP contribution is -2.00. The Morgan fingerprint density at radius 1 is 1.41 bits per heavy atom. The monoisotopic (exact) mass is 382 g/mol. The van der Waals surface area contributed by atoms with E-state index in [1.54, 1.807) is 19.5 Å². The second-order valence-corrected chi connectivity index (χ2v) is 7.39. The fraction of sp³-hybridized carbons (Fsp3) is 0.200. The summed E-state index contributed by atoms with van der Waals surface area (Å²) in [5.41, 5.74) is 3.25. The minimum Gasteiger partial charge on any atom is -0.501 e. The molecule has 0 aromatic carbocycles. The Morgan fingerprint density at radius 3 is 3.04 bits per heavy atom. The molecule has 140 valence electrons. The summed E-state index contributed by atoms with van der Waals surface area (Å²) in [6.07, 6.45) is 11.2. The Labute approximate surface area is 160 Å². The number of fused-ring (bicyclic) bond motifs is 1. The molecule has 1 atom stereocenters. The highest BCUT2D eigenvalue weighted by atomic mass is 32.2. The molecular weight excluding hydrogens is 360 g/mol. The topological polar surface area (TPSA) is 83.7 Å². The number of ether oxygens (including phenoxy) is 1. The number of rotatable bonds is 7. The molecule has 7 heteroatoms. The quantitative estimate of drug-likeness (QED) is 0.476. The molecule has 0 saturated heterocycles. The van der Waals surface area contributed by atoms with E-state index in [0.29, 0.717) is 11.4 Å². The molecule has 3 rings (SSSR count). The van der Waals surface area contributed by atoms with Gasteiger partial charge in [-0.25, -0.2) is 4.98 Å². The Balaban J connectivity index is 1.84. The van der Waals surface area contributed by atoms with Crippen molar-refractivity contribution in [1.29, 1.82) is 0 Å². The van der Waals surface area contributed by atoms with E-state index in [9.17, 15) is 4.21 Å². The first-order valence-electron chi connectivity index (χ1n) is 8.52. The van der Waals surface area contributed by atoms with Crippen molar-refractivity contribution in [2.24, 2.45) is 0 Å². The summed E-state index contributed by atoms with van der Waals surface area (Å²) >= 11 is 0. The van der Waals surface area contributed by atoms with Crippen LogP contribution in [0.25, 0.3) is 22.4 Å². The number of H-pyrrole nitrogens is 2. The minimum absolute atomic E-state index is 0.396. The summed E-state index contributed by atoms with van der Waals surface area (Å²) in [5.74, 6) is 1.17. The molecule has 0 bridgehead atoms. The van der Waals surface area contributed by atoms with Crippen LogP contribution in [0.4, 0.5) is 0 Å². The number of aromatic amines is 2. The number of allylic oxidation sites excluding steroid dienone is 5. The molecule has 0 aliphatic carbocycles. The smallest absolute Gasteiger partial charge is 0.181 e. The van der Waals surface area contributed by atoms with E-state index in [1.165, 1.54) is 0 Å². The zero-order valence-electron chi connectivity index (χ0n) is 15.5. The lowest BCUT2D eigenvalue weighted by atomic mass is 10.2. The predicted molar refractivity (Wildman–Crippen MR) is 109 cm³/mol. The highest BCUT2D eigenvalue weighted by Crippen LogP contribution is 2.26. The van der Waals surface area contributed by atoms with Gasteiger partial charge in [0.1, 0.15) is 0 Å². The van der Waals surface area contributed by atoms with Crippen molar-refractivity contribution < 1.29 is 8.95 Å². The van der Waals surface area contributed by atoms with Crippen molar-refractivity contribution in [3.8, 4) is 11.4 Å². The first-order chi connectivity index (χ1) is 13.1. The molecular formula is C20H22N4O2S. The van der Waals surface area contributed by atoms with Crippen molar-refractivity contribution in [3.05, 3.63) is 66.2 Å². The van der Waals surface area contributed by atoms with Crippen molar-refractivity contribution in [2.75, 3.05) is 12.9 Å². The first kappa shape index (κ1) is 18.8. The Hall–Kier alpha value is -2.93. The average molecular weight is 382 g/mol. The number of hydrogen-bond acceptors (Lipinski definition) is 4. The van der Waals surface area contributed by atoms with E-state index in [2.05, 4.69) is 20.2 Å². The predicted octanol–water partition coefficient (Wildman–Crippen LogP) is 4.11. The normalized spacial score (nSPS) is 14.2. The van der Waals surface area contributed by atoms with Crippen LogP contribution in [-0.2, 0) is 15.5 Å². The van der Waals surface area contributed by atoms with Gasteiger partial charge in [-0.3, -0.25) is 9.31 Å². The van der Waals surface area contributed by atoms with Gasteiger partial charge in [-0.05, 0) is 43.7 Å². The van der Waals surface area contributed by atoms with Crippen LogP contribution >= 0.6 is 0 Å². The van der Waals surface area contributed by atoms with Crippen LogP contribution in [0.5, 0.6) is 0 Å². The van der Waals surface area contributed by atoms with Crippen molar-refractivity contribution in [3.63, 3.8) is 0 Å². The van der Waals surface area contributed by atoms with Crippen LogP contribution in [-0.4, -0.2) is 37.2 Å². The second kappa shape index (κ2) is 8.64. The molecule has 1 unspecified atom stereocenters. The summed E-state index contributed by atoms with van der Waals surface area (Å²) in [6, 6.07) is 5.71. The summed E-state index contributed by atoms with van der Waals surface area (Å²) < 4.78 is 18.1. The van der Waals surface area contributed by atoms with Gasteiger partial charge < -0.3 is 9.72 Å². The summed E-state index contributed by atoms with van der Waals surface area (Å²) in [6.45, 7) is 3.82. The number of hydrogen-bond donors (Lipinski definition) is 2. The molecule has 27 heavy (non-hydrogen) atoms. The molecule has 3 heterocycles. The molecule has 3 aromatic heterocycles. The van der Waals surface area contributed by atoms with Crippen molar-refractivity contribution in [2.45, 2.75) is 18.7 Å². The molecule has 0 fully saturated rings. The number of nitrogens with one attached hydrogen (secondary N) is 2. The van der Waals surface area contributed by atoms with Gasteiger partial charge in [-0.15, -0.1) is 0 Å². The number of nitrogens with zero attached hydrogens (tertiary/aromatic N) is 2. The van der Waals surface area contributed by atoms with Gasteiger partial charge in [0.05, 0.1) is 45.7 Å². The van der Waals surface area contributed by atoms with Crippen LogP contribution in [0, 0.1) is 0 Å². The zero-order valence-corrected chi connectivity index (χ0v) is 16.3. The van der Waals surface area contributed by atoms with Crippen LogP contribution in [0.3, 0.4) is 0 Å². The van der Waals surface area contributed by atoms with Crippen molar-refractivity contribution >= 4 is 21.8 Å². The third kappa shape index (κ3) is 4.43. The van der Waals surface area contributed by atoms with Gasteiger partial charge in [0.2, 0.25) is 0 Å². The van der Waals surface area contributed by atoms with E-state index >= 15 is 0 Å². The van der Waals surface area contributed by atoms with Gasteiger partial charge in [0, 0.05) is 17.8 Å². The number of pyridine rings is 1. The summed E-state index contributed by atoms with van der Waals surface area (Å²) in [5, 5.41) is 8.12. The molecule has 6 nitrogen and oxygen atoms in total. The van der Waals surface area contributed by atoms with Crippen LogP contribution in [0.2, 0.25) is 0 Å². The van der Waals surface area contributed by atoms with E-state index in [0.717, 1.165) is 33.0 Å². The first-order valence-corrected chi connectivity index (χ1v) is 9.84. The van der Waals surface area contributed by atoms with E-state index < -0.39 is 10.8 Å². The third-order valence-corrected chi connectivity index (χ3v) is 5.39. The molecule has 3 aromatic rings. The maximum atomic E-state index is 12.9. The Morgan fingerprint density at radius 2 is 2.26 bits per heavy atom. The minimum atomic E-state index is -1.19. The lowest BCUT2D eigenvalue weighted by Gasteiger charge is -2.04. The van der Waals surface area contributed by atoms with Crippen LogP contribution in [0.1, 0.15) is 13.8 Å². The molecule has 0 amide bonds. The fourth-order valence-electron chi connectivity index (χ4n) is 2.62. The molecule has 0 aliphatic heterocycles. The van der Waals surface area contributed by atoms with Gasteiger partial charge in [0.25, 0.3) is 0 Å². The van der Waals surface area contributed by atoms with Gasteiger partial charge in [-0.1, -0.05) is 18.2 Å². The van der Waals surface area contributed by atoms with Crippen molar-refractivity contribution in [1.82, 2.24) is 20.2 Å². The molecule has 0 aliphatic rings. The van der Waals surface area contributed by atoms with Gasteiger partial charge in [0.15, 0.2) is 5.65 Å². The Bertz CT molecular complexity index is 1040. The highest BCUT2D eigenvalue weighted by molar-refractivity contribution is 7.85.